The van der Waals surface area contributed by atoms with E-state index in [0.29, 0.717) is 0 Å². The van der Waals surface area contributed by atoms with E-state index in [2.05, 4.69) is 50.4 Å². The lowest BCUT2D eigenvalue weighted by Crippen LogP contribution is -2.35. The maximum absolute atomic E-state index is 5.47. The van der Waals surface area contributed by atoms with Gasteiger partial charge in [-0.15, -0.1) is 11.8 Å². The zero-order valence-corrected chi connectivity index (χ0v) is 12.2. The van der Waals surface area contributed by atoms with Gasteiger partial charge >= 0.3 is 0 Å². The van der Waals surface area contributed by atoms with Crippen molar-refractivity contribution in [1.29, 1.82) is 0 Å². The summed E-state index contributed by atoms with van der Waals surface area (Å²) in [5.41, 5.74) is 3.05. The molecule has 0 aromatic heterocycles. The van der Waals surface area contributed by atoms with E-state index in [1.54, 1.807) is 17.3 Å². The molecule has 0 unspecified atom stereocenters. The predicted molar refractivity (Wildman–Crippen MR) is 78.8 cm³/mol. The molecule has 0 saturated heterocycles. The number of benzene rings is 1. The maximum atomic E-state index is 5.47. The summed E-state index contributed by atoms with van der Waals surface area (Å²) >= 11 is 7.26. The van der Waals surface area contributed by atoms with Gasteiger partial charge in [-0.2, -0.15) is 0 Å². The van der Waals surface area contributed by atoms with E-state index in [1.807, 2.05) is 6.08 Å². The van der Waals surface area contributed by atoms with Crippen LogP contribution in [0.3, 0.4) is 0 Å². The normalized spacial score (nSPS) is 12.2. The van der Waals surface area contributed by atoms with Crippen LogP contribution in [0.5, 0.6) is 0 Å². The molecule has 1 rings (SSSR count). The smallest absolute Gasteiger partial charge is 0.0210 e. The number of nitrogens with one attached hydrogen (secondary N) is 1. The lowest BCUT2D eigenvalue weighted by molar-refractivity contribution is 0.424. The average molecular weight is 270 g/mol. The molecule has 0 amide bonds. The number of halogens is 1. The summed E-state index contributed by atoms with van der Waals surface area (Å²) in [6.45, 7) is 7.44. The van der Waals surface area contributed by atoms with Crippen molar-refractivity contribution in [2.75, 3.05) is 5.75 Å². The van der Waals surface area contributed by atoms with Crippen molar-refractivity contribution in [1.82, 2.24) is 5.32 Å². The Morgan fingerprint density at radius 3 is 2.41 bits per heavy atom. The molecule has 1 N–H and O–H groups in total. The second kappa shape index (κ2) is 7.10. The molecular weight excluding hydrogens is 250 g/mol. The van der Waals surface area contributed by atoms with Crippen LogP contribution in [-0.2, 0) is 6.54 Å². The van der Waals surface area contributed by atoms with Crippen LogP contribution in [0.15, 0.2) is 40.8 Å². The molecule has 0 saturated carbocycles. The highest BCUT2D eigenvalue weighted by Gasteiger charge is 2.07. The van der Waals surface area contributed by atoms with Crippen LogP contribution in [0.1, 0.15) is 26.3 Å². The van der Waals surface area contributed by atoms with E-state index >= 15 is 0 Å². The Hall–Kier alpha value is -0.440. The van der Waals surface area contributed by atoms with Crippen LogP contribution in [0, 0.1) is 0 Å². The second-order valence-corrected chi connectivity index (χ2v) is 6.27. The number of rotatable bonds is 5. The van der Waals surface area contributed by atoms with Crippen LogP contribution in [0.2, 0.25) is 0 Å². The van der Waals surface area contributed by atoms with Gasteiger partial charge in [0.05, 0.1) is 0 Å². The molecule has 0 aliphatic carbocycles. The standard InChI is InChI=1S/C14H20ClNS/c1-14(2,3)16-11-12-5-7-13(8-6-12)17-10-4-9-15/h4-9,16H,10-11H2,1-3H3/b9-4+. The molecule has 3 heteroatoms. The highest BCUT2D eigenvalue weighted by Crippen LogP contribution is 2.18. The monoisotopic (exact) mass is 269 g/mol. The third-order valence-electron chi connectivity index (χ3n) is 2.18. The minimum atomic E-state index is 0.165. The number of hydrogen-bond donors (Lipinski definition) is 1. The van der Waals surface area contributed by atoms with E-state index in [1.165, 1.54) is 10.5 Å². The lowest BCUT2D eigenvalue weighted by Gasteiger charge is -2.20. The lowest BCUT2D eigenvalue weighted by atomic mass is 10.1. The largest absolute Gasteiger partial charge is 0.308 e. The fourth-order valence-corrected chi connectivity index (χ4v) is 2.16. The Morgan fingerprint density at radius 1 is 1.24 bits per heavy atom. The zero-order valence-electron chi connectivity index (χ0n) is 10.7. The van der Waals surface area contributed by atoms with Crippen LogP contribution >= 0.6 is 23.4 Å². The van der Waals surface area contributed by atoms with Gasteiger partial charge in [-0.3, -0.25) is 0 Å². The summed E-state index contributed by atoms with van der Waals surface area (Å²) in [5.74, 6) is 0.920. The van der Waals surface area contributed by atoms with Crippen molar-refractivity contribution in [3.63, 3.8) is 0 Å². The van der Waals surface area contributed by atoms with Gasteiger partial charge in [-0.1, -0.05) is 29.8 Å². The fourth-order valence-electron chi connectivity index (χ4n) is 1.25. The summed E-state index contributed by atoms with van der Waals surface area (Å²) < 4.78 is 0. The van der Waals surface area contributed by atoms with Crippen LogP contribution in [0.4, 0.5) is 0 Å². The Bertz CT molecular complexity index is 351. The summed E-state index contributed by atoms with van der Waals surface area (Å²) in [6, 6.07) is 8.66. The maximum Gasteiger partial charge on any atom is 0.0210 e. The first-order chi connectivity index (χ1) is 8.01. The van der Waals surface area contributed by atoms with Crippen LogP contribution < -0.4 is 5.32 Å². The second-order valence-electron chi connectivity index (χ2n) is 4.92. The van der Waals surface area contributed by atoms with Crippen molar-refractivity contribution in [2.24, 2.45) is 0 Å². The van der Waals surface area contributed by atoms with Gasteiger partial charge in [0.1, 0.15) is 0 Å². The van der Waals surface area contributed by atoms with E-state index in [-0.39, 0.29) is 5.54 Å². The molecule has 0 fully saturated rings. The first kappa shape index (κ1) is 14.6. The van der Waals surface area contributed by atoms with Gasteiger partial charge in [0.15, 0.2) is 0 Å². The molecule has 0 aliphatic rings. The Labute approximate surface area is 114 Å². The Kier molecular flexibility index (Phi) is 6.10. The van der Waals surface area contributed by atoms with Gasteiger partial charge in [0.2, 0.25) is 0 Å². The molecule has 0 heterocycles. The van der Waals surface area contributed by atoms with Gasteiger partial charge in [-0.25, -0.2) is 0 Å². The molecule has 0 atom stereocenters. The predicted octanol–water partition coefficient (Wildman–Crippen LogP) is 4.42. The minimum Gasteiger partial charge on any atom is -0.308 e. The number of thioether (sulfide) groups is 1. The quantitative estimate of drug-likeness (QED) is 0.794. The van der Waals surface area contributed by atoms with Gasteiger partial charge in [0.25, 0.3) is 0 Å². The van der Waals surface area contributed by atoms with Crippen molar-refractivity contribution in [3.05, 3.63) is 41.4 Å². The molecule has 0 aliphatic heterocycles. The topological polar surface area (TPSA) is 12.0 Å². The van der Waals surface area contributed by atoms with Gasteiger partial charge < -0.3 is 5.32 Å². The minimum absolute atomic E-state index is 0.165. The van der Waals surface area contributed by atoms with E-state index in [4.69, 9.17) is 11.6 Å². The summed E-state index contributed by atoms with van der Waals surface area (Å²) in [5, 5.41) is 3.47. The molecule has 94 valence electrons. The van der Waals surface area contributed by atoms with E-state index in [9.17, 15) is 0 Å². The molecule has 17 heavy (non-hydrogen) atoms. The molecule has 0 bridgehead atoms. The van der Waals surface area contributed by atoms with E-state index < -0.39 is 0 Å². The Morgan fingerprint density at radius 2 is 1.88 bits per heavy atom. The number of hydrogen-bond acceptors (Lipinski definition) is 2. The SMILES string of the molecule is CC(C)(C)NCc1ccc(SC/C=C/Cl)cc1. The highest BCUT2D eigenvalue weighted by molar-refractivity contribution is 7.99. The third-order valence-corrected chi connectivity index (χ3v) is 3.32. The van der Waals surface area contributed by atoms with Gasteiger partial charge in [-0.05, 0) is 38.5 Å². The van der Waals surface area contributed by atoms with Crippen LogP contribution in [0.25, 0.3) is 0 Å². The molecule has 0 radical (unpaired) electrons. The summed E-state index contributed by atoms with van der Waals surface area (Å²) in [7, 11) is 0. The molecule has 0 spiro atoms. The summed E-state index contributed by atoms with van der Waals surface area (Å²) in [6.07, 6.45) is 1.95. The highest BCUT2D eigenvalue weighted by atomic mass is 35.5. The summed E-state index contributed by atoms with van der Waals surface area (Å²) in [4.78, 5) is 1.28. The molecular formula is C14H20ClNS. The van der Waals surface area contributed by atoms with Gasteiger partial charge in [0, 0.05) is 28.3 Å². The zero-order chi connectivity index (χ0) is 12.7. The van der Waals surface area contributed by atoms with Crippen molar-refractivity contribution < 1.29 is 0 Å². The fraction of sp³-hybridized carbons (Fsp3) is 0.429. The van der Waals surface area contributed by atoms with Crippen molar-refractivity contribution in [2.45, 2.75) is 37.8 Å². The van der Waals surface area contributed by atoms with Crippen molar-refractivity contribution >= 4 is 23.4 Å². The average Bonchev–Trinajstić information content (AvgIpc) is 2.27. The third kappa shape index (κ3) is 6.77. The van der Waals surface area contributed by atoms with Crippen LogP contribution in [-0.4, -0.2) is 11.3 Å². The molecule has 1 aromatic carbocycles. The first-order valence-corrected chi connectivity index (χ1v) is 7.15. The molecule has 1 aromatic rings. The van der Waals surface area contributed by atoms with Crippen molar-refractivity contribution in [3.8, 4) is 0 Å². The first-order valence-electron chi connectivity index (χ1n) is 5.73. The van der Waals surface area contributed by atoms with E-state index in [0.717, 1.165) is 12.3 Å². The Balaban J connectivity index is 2.44. The molecule has 1 nitrogen and oxygen atoms in total.